The molecule has 6 nitrogen and oxygen atoms in total. The van der Waals surface area contributed by atoms with Gasteiger partial charge in [-0.05, 0) is 11.6 Å². The minimum atomic E-state index is 0.693. The summed E-state index contributed by atoms with van der Waals surface area (Å²) in [4.78, 5) is 24.4. The van der Waals surface area contributed by atoms with E-state index in [0.717, 1.165) is 48.6 Å². The molecule has 5 rings (SSSR count). The first-order valence-corrected chi connectivity index (χ1v) is 9.68. The molecule has 0 fully saturated rings. The summed E-state index contributed by atoms with van der Waals surface area (Å²) in [5.74, 6) is 0.693. The van der Waals surface area contributed by atoms with Crippen molar-refractivity contribution in [3.05, 3.63) is 90.4 Å². The predicted octanol–water partition coefficient (Wildman–Crippen LogP) is 3.55. The Bertz CT molecular complexity index is 1100. The normalized spacial score (nSPS) is 13.8. The molecule has 0 spiro atoms. The van der Waals surface area contributed by atoms with E-state index >= 15 is 0 Å². The molecule has 6 heteroatoms. The topological polar surface area (TPSA) is 67.7 Å². The first-order chi connectivity index (χ1) is 14.3. The Morgan fingerprint density at radius 3 is 2.48 bits per heavy atom. The van der Waals surface area contributed by atoms with Crippen LogP contribution in [0.3, 0.4) is 0 Å². The average molecular weight is 380 g/mol. The number of aromatic nitrogens is 5. The maximum Gasteiger partial charge on any atom is 0.162 e. The molecular weight excluding hydrogens is 360 g/mol. The molecule has 0 aliphatic carbocycles. The van der Waals surface area contributed by atoms with Crippen molar-refractivity contribution in [1.29, 1.82) is 0 Å². The summed E-state index contributed by atoms with van der Waals surface area (Å²) < 4.78 is 0. The zero-order chi connectivity index (χ0) is 19.5. The van der Waals surface area contributed by atoms with Crippen LogP contribution in [0.25, 0.3) is 22.6 Å². The Kier molecular flexibility index (Phi) is 4.76. The van der Waals surface area contributed by atoms with Crippen LogP contribution in [-0.4, -0.2) is 36.4 Å². The maximum atomic E-state index is 4.74. The van der Waals surface area contributed by atoms with E-state index in [2.05, 4.69) is 49.1 Å². The minimum Gasteiger partial charge on any atom is -0.294 e. The number of benzene rings is 1. The highest BCUT2D eigenvalue weighted by Gasteiger charge is 2.19. The van der Waals surface area contributed by atoms with Crippen molar-refractivity contribution >= 4 is 0 Å². The SMILES string of the molecule is c1ccc(-c2ccc(CN3CCc4nc(-c5cncnc5)ncc4C3)cn2)cc1. The van der Waals surface area contributed by atoms with Gasteiger partial charge in [-0.1, -0.05) is 36.4 Å². The highest BCUT2D eigenvalue weighted by molar-refractivity contribution is 5.58. The highest BCUT2D eigenvalue weighted by atomic mass is 15.1. The van der Waals surface area contributed by atoms with E-state index < -0.39 is 0 Å². The minimum absolute atomic E-state index is 0.693. The molecule has 0 saturated carbocycles. The number of hydrogen-bond donors (Lipinski definition) is 0. The van der Waals surface area contributed by atoms with Crippen molar-refractivity contribution in [1.82, 2.24) is 29.8 Å². The van der Waals surface area contributed by atoms with Gasteiger partial charge in [0.15, 0.2) is 5.82 Å². The molecule has 0 bridgehead atoms. The van der Waals surface area contributed by atoms with Gasteiger partial charge in [0.1, 0.15) is 6.33 Å². The van der Waals surface area contributed by atoms with Crippen LogP contribution in [0.15, 0.2) is 73.6 Å². The Morgan fingerprint density at radius 2 is 1.69 bits per heavy atom. The molecule has 4 aromatic rings. The van der Waals surface area contributed by atoms with Gasteiger partial charge < -0.3 is 0 Å². The smallest absolute Gasteiger partial charge is 0.162 e. The molecular formula is C23H20N6. The van der Waals surface area contributed by atoms with E-state index in [1.807, 2.05) is 30.6 Å². The van der Waals surface area contributed by atoms with Crippen LogP contribution in [0.1, 0.15) is 16.8 Å². The van der Waals surface area contributed by atoms with Crippen LogP contribution in [0.2, 0.25) is 0 Å². The fraction of sp³-hybridized carbons (Fsp3) is 0.174. The van der Waals surface area contributed by atoms with Gasteiger partial charge in [0.25, 0.3) is 0 Å². The summed E-state index contributed by atoms with van der Waals surface area (Å²) in [5, 5.41) is 0. The summed E-state index contributed by atoms with van der Waals surface area (Å²) in [7, 11) is 0. The Morgan fingerprint density at radius 1 is 0.828 bits per heavy atom. The molecule has 0 saturated heterocycles. The van der Waals surface area contributed by atoms with Crippen molar-refractivity contribution in [3.8, 4) is 22.6 Å². The van der Waals surface area contributed by atoms with E-state index in [-0.39, 0.29) is 0 Å². The lowest BCUT2D eigenvalue weighted by Gasteiger charge is -2.28. The predicted molar refractivity (Wildman–Crippen MR) is 111 cm³/mol. The van der Waals surface area contributed by atoms with Crippen LogP contribution in [0.4, 0.5) is 0 Å². The third kappa shape index (κ3) is 3.88. The molecule has 0 radical (unpaired) electrons. The van der Waals surface area contributed by atoms with Crippen LogP contribution in [-0.2, 0) is 19.5 Å². The Labute approximate surface area is 169 Å². The fourth-order valence-electron chi connectivity index (χ4n) is 3.62. The van der Waals surface area contributed by atoms with Gasteiger partial charge in [0.05, 0.1) is 17.0 Å². The van der Waals surface area contributed by atoms with E-state index in [9.17, 15) is 0 Å². The van der Waals surface area contributed by atoms with Gasteiger partial charge >= 0.3 is 0 Å². The molecule has 0 unspecified atom stereocenters. The lowest BCUT2D eigenvalue weighted by atomic mass is 10.1. The summed E-state index contributed by atoms with van der Waals surface area (Å²) >= 11 is 0. The second-order valence-corrected chi connectivity index (χ2v) is 7.17. The largest absolute Gasteiger partial charge is 0.294 e. The fourth-order valence-corrected chi connectivity index (χ4v) is 3.62. The molecule has 1 aliphatic rings. The zero-order valence-electron chi connectivity index (χ0n) is 15.9. The van der Waals surface area contributed by atoms with Crippen molar-refractivity contribution in [3.63, 3.8) is 0 Å². The second-order valence-electron chi connectivity index (χ2n) is 7.17. The second kappa shape index (κ2) is 7.85. The summed E-state index contributed by atoms with van der Waals surface area (Å²) in [6.45, 7) is 2.69. The van der Waals surface area contributed by atoms with Crippen LogP contribution in [0.5, 0.6) is 0 Å². The van der Waals surface area contributed by atoms with Gasteiger partial charge in [0.2, 0.25) is 0 Å². The maximum absolute atomic E-state index is 4.74. The summed E-state index contributed by atoms with van der Waals surface area (Å²) in [6.07, 6.45) is 9.83. The molecule has 0 amide bonds. The van der Waals surface area contributed by atoms with Crippen molar-refractivity contribution < 1.29 is 0 Å². The van der Waals surface area contributed by atoms with Crippen LogP contribution in [0, 0.1) is 0 Å². The molecule has 1 aliphatic heterocycles. The van der Waals surface area contributed by atoms with Crippen LogP contribution < -0.4 is 0 Å². The lowest BCUT2D eigenvalue weighted by molar-refractivity contribution is 0.242. The van der Waals surface area contributed by atoms with Gasteiger partial charge in [0, 0.05) is 62.0 Å². The van der Waals surface area contributed by atoms with Gasteiger partial charge in [-0.25, -0.2) is 19.9 Å². The first-order valence-electron chi connectivity index (χ1n) is 9.68. The van der Waals surface area contributed by atoms with Crippen LogP contribution >= 0.6 is 0 Å². The molecule has 4 heterocycles. The Hall–Kier alpha value is -3.51. The standard InChI is InChI=1S/C23H20N6/c1-2-4-18(5-3-1)21-7-6-17(10-26-21)14-29-9-8-22-20(15-29)13-27-23(28-22)19-11-24-16-25-12-19/h1-7,10-13,16H,8-9,14-15H2. The molecule has 0 atom stereocenters. The number of rotatable bonds is 4. The highest BCUT2D eigenvalue weighted by Crippen LogP contribution is 2.22. The van der Waals surface area contributed by atoms with Crippen molar-refractivity contribution in [2.75, 3.05) is 6.54 Å². The molecule has 29 heavy (non-hydrogen) atoms. The van der Waals surface area contributed by atoms with Gasteiger partial charge in [-0.15, -0.1) is 0 Å². The monoisotopic (exact) mass is 380 g/mol. The molecule has 0 N–H and O–H groups in total. The van der Waals surface area contributed by atoms with E-state index in [1.165, 1.54) is 17.5 Å². The Balaban J connectivity index is 1.28. The van der Waals surface area contributed by atoms with E-state index in [4.69, 9.17) is 4.98 Å². The number of nitrogens with zero attached hydrogens (tertiary/aromatic N) is 6. The van der Waals surface area contributed by atoms with E-state index in [1.54, 1.807) is 12.4 Å². The average Bonchev–Trinajstić information content (AvgIpc) is 2.80. The van der Waals surface area contributed by atoms with Gasteiger partial charge in [-0.3, -0.25) is 9.88 Å². The van der Waals surface area contributed by atoms with Crippen molar-refractivity contribution in [2.45, 2.75) is 19.5 Å². The lowest BCUT2D eigenvalue weighted by Crippen LogP contribution is -2.31. The number of pyridine rings is 1. The zero-order valence-corrected chi connectivity index (χ0v) is 15.9. The number of hydrogen-bond acceptors (Lipinski definition) is 6. The first kappa shape index (κ1) is 17.6. The summed E-state index contributed by atoms with van der Waals surface area (Å²) in [6, 6.07) is 14.5. The third-order valence-corrected chi connectivity index (χ3v) is 5.13. The van der Waals surface area contributed by atoms with Crippen molar-refractivity contribution in [2.24, 2.45) is 0 Å². The van der Waals surface area contributed by atoms with Gasteiger partial charge in [-0.2, -0.15) is 0 Å². The molecule has 142 valence electrons. The third-order valence-electron chi connectivity index (χ3n) is 5.13. The van der Waals surface area contributed by atoms with E-state index in [0.29, 0.717) is 5.82 Å². The number of fused-ring (bicyclic) bond motifs is 1. The molecule has 3 aromatic heterocycles. The quantitative estimate of drug-likeness (QED) is 0.539. The molecule has 1 aromatic carbocycles. The summed E-state index contributed by atoms with van der Waals surface area (Å²) in [5.41, 5.74) is 6.51.